The number of benzene rings is 3. The lowest BCUT2D eigenvalue weighted by Gasteiger charge is -2.44. The summed E-state index contributed by atoms with van der Waals surface area (Å²) >= 11 is 0. The van der Waals surface area contributed by atoms with Gasteiger partial charge in [0.2, 0.25) is 11.8 Å². The molecule has 0 saturated carbocycles. The molecule has 0 bridgehead atoms. The van der Waals surface area contributed by atoms with Crippen LogP contribution in [0, 0.1) is 12.8 Å². The second-order valence-electron chi connectivity index (χ2n) is 9.31. The quantitative estimate of drug-likeness (QED) is 0.190. The molecule has 1 saturated heterocycles. The Kier molecular flexibility index (Phi) is 7.54. The van der Waals surface area contributed by atoms with Crippen LogP contribution in [0.25, 0.3) is 11.5 Å². The molecule has 0 radical (unpaired) electrons. The van der Waals surface area contributed by atoms with Crippen molar-refractivity contribution in [1.82, 2.24) is 4.98 Å². The summed E-state index contributed by atoms with van der Waals surface area (Å²) in [6.45, 7) is 2.40. The van der Waals surface area contributed by atoms with Gasteiger partial charge in [-0.25, -0.2) is 4.98 Å². The standard InChI is InChI=1S/C31H30N2O5.H2/c1-21-28(32-30(38-21)23-6-4-3-5-7-23)18-19-37-26-13-8-22(9-14-26)10-17-27-29(20-34)33(31(27)35)24-11-15-25(36-2)16-12-24;/h3-9,11-16,20,27,29H,10,17-19H2,1-2H3;1H/t27-,29+;/m0./s1. The monoisotopic (exact) mass is 512 g/mol. The smallest absolute Gasteiger partial charge is 0.233 e. The second kappa shape index (κ2) is 11.3. The molecule has 4 aromatic rings. The number of nitrogens with zero attached hydrogens (tertiary/aromatic N) is 2. The lowest BCUT2D eigenvalue weighted by molar-refractivity contribution is -0.134. The molecule has 1 aliphatic heterocycles. The molecule has 1 aliphatic rings. The average molecular weight is 513 g/mol. The zero-order chi connectivity index (χ0) is 26.5. The van der Waals surface area contributed by atoms with Crippen molar-refractivity contribution < 1.29 is 24.9 Å². The molecule has 1 aromatic heterocycles. The molecule has 196 valence electrons. The van der Waals surface area contributed by atoms with Gasteiger partial charge in [0.25, 0.3) is 0 Å². The van der Waals surface area contributed by atoms with Gasteiger partial charge < -0.3 is 23.6 Å². The number of aldehydes is 1. The van der Waals surface area contributed by atoms with Crippen molar-refractivity contribution in [2.45, 2.75) is 32.2 Å². The molecule has 2 atom stereocenters. The molecule has 5 rings (SSSR count). The van der Waals surface area contributed by atoms with Gasteiger partial charge in [0.15, 0.2) is 0 Å². The highest BCUT2D eigenvalue weighted by Gasteiger charge is 2.47. The maximum absolute atomic E-state index is 12.8. The van der Waals surface area contributed by atoms with Gasteiger partial charge in [-0.05, 0) is 73.9 Å². The predicted octanol–water partition coefficient (Wildman–Crippen LogP) is 5.69. The first-order valence-electron chi connectivity index (χ1n) is 12.7. The van der Waals surface area contributed by atoms with Crippen LogP contribution in [0.5, 0.6) is 11.5 Å². The third-order valence-corrected chi connectivity index (χ3v) is 6.94. The number of rotatable bonds is 11. The van der Waals surface area contributed by atoms with Gasteiger partial charge in [0.05, 0.1) is 25.3 Å². The number of methoxy groups -OCH3 is 1. The fourth-order valence-corrected chi connectivity index (χ4v) is 4.77. The molecular formula is C31H32N2O5. The van der Waals surface area contributed by atoms with Gasteiger partial charge in [-0.1, -0.05) is 30.3 Å². The number of aromatic nitrogens is 1. The summed E-state index contributed by atoms with van der Waals surface area (Å²) in [6, 6.07) is 24.4. The van der Waals surface area contributed by atoms with E-state index in [1.165, 1.54) is 0 Å². The number of β-lactam (4-membered cyclic amide) rings is 1. The summed E-state index contributed by atoms with van der Waals surface area (Å²) in [4.78, 5) is 30.8. The molecule has 0 aliphatic carbocycles. The van der Waals surface area contributed by atoms with Crippen LogP contribution in [0.4, 0.5) is 5.69 Å². The number of aryl methyl sites for hydroxylation is 2. The summed E-state index contributed by atoms with van der Waals surface area (Å²) in [7, 11) is 1.59. The number of carbonyl (C=O) groups excluding carboxylic acids is 2. The van der Waals surface area contributed by atoms with Crippen molar-refractivity contribution in [3.8, 4) is 23.0 Å². The Morgan fingerprint density at radius 2 is 1.68 bits per heavy atom. The summed E-state index contributed by atoms with van der Waals surface area (Å²) < 4.78 is 16.9. The van der Waals surface area contributed by atoms with Crippen molar-refractivity contribution >= 4 is 17.9 Å². The molecule has 7 nitrogen and oxygen atoms in total. The van der Waals surface area contributed by atoms with Gasteiger partial charge >= 0.3 is 0 Å². The van der Waals surface area contributed by atoms with E-state index in [0.717, 1.165) is 34.6 Å². The van der Waals surface area contributed by atoms with Crippen molar-refractivity contribution in [3.63, 3.8) is 0 Å². The molecule has 3 aromatic carbocycles. The fourth-order valence-electron chi connectivity index (χ4n) is 4.77. The van der Waals surface area contributed by atoms with Crippen molar-refractivity contribution in [1.29, 1.82) is 0 Å². The lowest BCUT2D eigenvalue weighted by Crippen LogP contribution is -2.62. The van der Waals surface area contributed by atoms with Gasteiger partial charge in [-0.3, -0.25) is 4.79 Å². The maximum Gasteiger partial charge on any atom is 0.233 e. The highest BCUT2D eigenvalue weighted by atomic mass is 16.5. The van der Waals surface area contributed by atoms with Crippen LogP contribution < -0.4 is 14.4 Å². The predicted molar refractivity (Wildman–Crippen MR) is 147 cm³/mol. The minimum absolute atomic E-state index is 0. The molecule has 0 spiro atoms. The number of amides is 1. The molecule has 38 heavy (non-hydrogen) atoms. The Labute approximate surface area is 223 Å². The van der Waals surface area contributed by atoms with Crippen LogP contribution in [0.15, 0.2) is 83.3 Å². The van der Waals surface area contributed by atoms with E-state index in [2.05, 4.69) is 4.98 Å². The Morgan fingerprint density at radius 3 is 2.37 bits per heavy atom. The number of anilines is 1. The first kappa shape index (κ1) is 25.3. The van der Waals surface area contributed by atoms with Gasteiger partial charge in [-0.15, -0.1) is 0 Å². The van der Waals surface area contributed by atoms with Crippen LogP contribution in [-0.4, -0.2) is 36.9 Å². The Morgan fingerprint density at radius 1 is 0.974 bits per heavy atom. The van der Waals surface area contributed by atoms with E-state index >= 15 is 0 Å². The van der Waals surface area contributed by atoms with Crippen LogP contribution >= 0.6 is 0 Å². The van der Waals surface area contributed by atoms with E-state index in [4.69, 9.17) is 13.9 Å². The highest BCUT2D eigenvalue weighted by molar-refractivity contribution is 6.08. The third-order valence-electron chi connectivity index (χ3n) is 6.94. The number of ether oxygens (including phenoxy) is 2. The zero-order valence-electron chi connectivity index (χ0n) is 21.5. The molecular weight excluding hydrogens is 480 g/mol. The second-order valence-corrected chi connectivity index (χ2v) is 9.31. The van der Waals surface area contributed by atoms with E-state index < -0.39 is 6.04 Å². The van der Waals surface area contributed by atoms with E-state index in [1.54, 1.807) is 36.3 Å². The Hall–Kier alpha value is -4.39. The summed E-state index contributed by atoms with van der Waals surface area (Å²) in [5, 5.41) is 0. The minimum Gasteiger partial charge on any atom is -0.497 e. The lowest BCUT2D eigenvalue weighted by atomic mass is 9.83. The van der Waals surface area contributed by atoms with Crippen LogP contribution in [0.3, 0.4) is 0 Å². The SMILES string of the molecule is COc1ccc(N2C(=O)[C@@H](CCc3ccc(OCCc4nc(-c5ccccc5)oc4C)cc3)[C@H]2C=O)cc1.[HH]. The summed E-state index contributed by atoms with van der Waals surface area (Å²) in [5.74, 6) is 2.57. The van der Waals surface area contributed by atoms with Crippen molar-refractivity contribution in [2.24, 2.45) is 5.92 Å². The van der Waals surface area contributed by atoms with Gasteiger partial charge in [-0.2, -0.15) is 0 Å². The Bertz CT molecular complexity index is 1390. The first-order chi connectivity index (χ1) is 18.6. The van der Waals surface area contributed by atoms with Crippen LogP contribution in [0.1, 0.15) is 24.9 Å². The van der Waals surface area contributed by atoms with Gasteiger partial charge in [0, 0.05) is 19.1 Å². The number of oxazole rings is 1. The number of hydrogen-bond donors (Lipinski definition) is 0. The summed E-state index contributed by atoms with van der Waals surface area (Å²) in [5.41, 5.74) is 3.65. The molecule has 1 amide bonds. The molecule has 1 fully saturated rings. The summed E-state index contributed by atoms with van der Waals surface area (Å²) in [6.07, 6.45) is 2.83. The molecule has 2 heterocycles. The average Bonchev–Trinajstić information content (AvgIpc) is 3.33. The van der Waals surface area contributed by atoms with E-state index in [9.17, 15) is 9.59 Å². The maximum atomic E-state index is 12.8. The van der Waals surface area contributed by atoms with E-state index in [-0.39, 0.29) is 13.3 Å². The molecule has 0 unspecified atom stereocenters. The van der Waals surface area contributed by atoms with E-state index in [0.29, 0.717) is 43.2 Å². The Balaban J connectivity index is 0.00000353. The topological polar surface area (TPSA) is 81.9 Å². The van der Waals surface area contributed by atoms with Crippen LogP contribution in [-0.2, 0) is 22.4 Å². The first-order valence-corrected chi connectivity index (χ1v) is 12.7. The normalized spacial score (nSPS) is 16.7. The molecule has 7 heteroatoms. The van der Waals surface area contributed by atoms with Crippen molar-refractivity contribution in [3.05, 3.63) is 95.9 Å². The third kappa shape index (κ3) is 5.32. The minimum atomic E-state index is -0.444. The fraction of sp³-hybridized carbons (Fsp3) is 0.258. The van der Waals surface area contributed by atoms with Gasteiger partial charge in [0.1, 0.15) is 29.6 Å². The molecule has 0 N–H and O–H groups in total. The zero-order valence-corrected chi connectivity index (χ0v) is 21.5. The largest absolute Gasteiger partial charge is 0.497 e. The van der Waals surface area contributed by atoms with E-state index in [1.807, 2.05) is 61.5 Å². The number of carbonyl (C=O) groups is 2. The van der Waals surface area contributed by atoms with Crippen molar-refractivity contribution in [2.75, 3.05) is 18.6 Å². The number of hydrogen-bond acceptors (Lipinski definition) is 6. The highest BCUT2D eigenvalue weighted by Crippen LogP contribution is 2.35. The van der Waals surface area contributed by atoms with Crippen LogP contribution in [0.2, 0.25) is 0 Å².